The summed E-state index contributed by atoms with van der Waals surface area (Å²) in [5.41, 5.74) is 0. The number of nitrogens with one attached hydrogen (secondary N) is 1. The van der Waals surface area contributed by atoms with E-state index in [0.29, 0.717) is 12.4 Å². The fourth-order valence-corrected chi connectivity index (χ4v) is 4.09. The highest BCUT2D eigenvalue weighted by Gasteiger charge is 2.24. The molecule has 0 unspecified atom stereocenters. The predicted octanol–water partition coefficient (Wildman–Crippen LogP) is 3.20. The minimum atomic E-state index is 0.710. The Morgan fingerprint density at radius 1 is 0.920 bits per heavy atom. The van der Waals surface area contributed by atoms with Crippen molar-refractivity contribution in [2.24, 2.45) is 11.8 Å². The van der Waals surface area contributed by atoms with E-state index in [9.17, 15) is 0 Å². The number of piperidine rings is 1. The number of benzene rings is 1. The van der Waals surface area contributed by atoms with Gasteiger partial charge in [0.05, 0.1) is 40.5 Å². The maximum absolute atomic E-state index is 5.92. The van der Waals surface area contributed by atoms with Crippen LogP contribution in [0.25, 0.3) is 0 Å². The Labute approximate surface area is 153 Å². The molecule has 0 aliphatic carbocycles. The van der Waals surface area contributed by atoms with E-state index in [0.717, 1.165) is 29.8 Å². The summed E-state index contributed by atoms with van der Waals surface area (Å²) < 4.78 is 16.6. The van der Waals surface area contributed by atoms with Crippen molar-refractivity contribution in [1.82, 2.24) is 0 Å². The summed E-state index contributed by atoms with van der Waals surface area (Å²) in [6.45, 7) is 9.57. The molecule has 0 bridgehead atoms. The summed E-state index contributed by atoms with van der Waals surface area (Å²) in [6.07, 6.45) is 6.32. The highest BCUT2D eigenvalue weighted by molar-refractivity contribution is 5.51. The standard InChI is InChI=1S/C21H35NO3/c1-17-14-18(2)16-22(15-17)12-7-5-6-8-13-25-21-19(23-3)10-9-11-20(21)24-4/h9-11,17-18H,5-8,12-16H2,1-4H3/p+1/t17-,18-/m0/s1. The third-order valence-electron chi connectivity index (χ3n) is 5.13. The van der Waals surface area contributed by atoms with Crippen molar-refractivity contribution < 1.29 is 19.1 Å². The van der Waals surface area contributed by atoms with Crippen LogP contribution in [-0.2, 0) is 0 Å². The zero-order valence-electron chi connectivity index (χ0n) is 16.5. The number of unbranched alkanes of at least 4 members (excludes halogenated alkanes) is 3. The average molecular weight is 351 g/mol. The van der Waals surface area contributed by atoms with Gasteiger partial charge in [-0.05, 0) is 44.2 Å². The number of ether oxygens (including phenoxy) is 3. The predicted molar refractivity (Wildman–Crippen MR) is 102 cm³/mol. The van der Waals surface area contributed by atoms with Crippen LogP contribution in [0.1, 0.15) is 46.0 Å². The molecule has 1 aliphatic rings. The smallest absolute Gasteiger partial charge is 0.203 e. The highest BCUT2D eigenvalue weighted by Crippen LogP contribution is 2.36. The van der Waals surface area contributed by atoms with Gasteiger partial charge in [-0.2, -0.15) is 0 Å². The van der Waals surface area contributed by atoms with Crippen LogP contribution in [0, 0.1) is 11.8 Å². The number of rotatable bonds is 10. The summed E-state index contributed by atoms with van der Waals surface area (Å²) in [5, 5.41) is 0. The van der Waals surface area contributed by atoms with Crippen LogP contribution < -0.4 is 19.1 Å². The monoisotopic (exact) mass is 350 g/mol. The lowest BCUT2D eigenvalue weighted by atomic mass is 9.92. The van der Waals surface area contributed by atoms with E-state index in [-0.39, 0.29) is 0 Å². The zero-order valence-corrected chi connectivity index (χ0v) is 16.5. The van der Waals surface area contributed by atoms with Gasteiger partial charge in [0, 0.05) is 11.8 Å². The molecule has 1 N–H and O–H groups in total. The van der Waals surface area contributed by atoms with Gasteiger partial charge in [-0.15, -0.1) is 0 Å². The van der Waals surface area contributed by atoms with Gasteiger partial charge >= 0.3 is 0 Å². The summed E-state index contributed by atoms with van der Waals surface area (Å²) in [4.78, 5) is 1.81. The van der Waals surface area contributed by atoms with E-state index in [1.165, 1.54) is 45.3 Å². The molecule has 0 spiro atoms. The molecule has 2 atom stereocenters. The number of para-hydroxylation sites is 1. The summed E-state index contributed by atoms with van der Waals surface area (Å²) >= 11 is 0. The number of methoxy groups -OCH3 is 2. The van der Waals surface area contributed by atoms with E-state index in [1.807, 2.05) is 18.2 Å². The molecular weight excluding hydrogens is 314 g/mol. The van der Waals surface area contributed by atoms with Gasteiger partial charge in [-0.3, -0.25) is 0 Å². The van der Waals surface area contributed by atoms with E-state index in [4.69, 9.17) is 14.2 Å². The van der Waals surface area contributed by atoms with Crippen molar-refractivity contribution in [1.29, 1.82) is 0 Å². The molecule has 1 saturated heterocycles. The van der Waals surface area contributed by atoms with E-state index in [2.05, 4.69) is 13.8 Å². The van der Waals surface area contributed by atoms with Gasteiger partial charge in [-0.1, -0.05) is 19.9 Å². The molecule has 4 nitrogen and oxygen atoms in total. The maximum atomic E-state index is 5.92. The van der Waals surface area contributed by atoms with Crippen LogP contribution >= 0.6 is 0 Å². The molecule has 0 amide bonds. The molecule has 0 aromatic heterocycles. The van der Waals surface area contributed by atoms with Crippen LogP contribution in [0.4, 0.5) is 0 Å². The molecular formula is C21H36NO3+. The fraction of sp³-hybridized carbons (Fsp3) is 0.714. The van der Waals surface area contributed by atoms with E-state index < -0.39 is 0 Å². The lowest BCUT2D eigenvalue weighted by Crippen LogP contribution is -3.14. The quantitative estimate of drug-likeness (QED) is 0.658. The van der Waals surface area contributed by atoms with Gasteiger partial charge in [0.15, 0.2) is 11.5 Å². The molecule has 1 heterocycles. The van der Waals surface area contributed by atoms with Crippen LogP contribution in [0.3, 0.4) is 0 Å². The molecule has 1 aromatic carbocycles. The van der Waals surface area contributed by atoms with E-state index in [1.54, 1.807) is 19.1 Å². The molecule has 25 heavy (non-hydrogen) atoms. The first-order valence-corrected chi connectivity index (χ1v) is 9.81. The van der Waals surface area contributed by atoms with Gasteiger partial charge in [-0.25, -0.2) is 0 Å². The molecule has 2 rings (SSSR count). The van der Waals surface area contributed by atoms with Crippen molar-refractivity contribution in [3.8, 4) is 17.2 Å². The lowest BCUT2D eigenvalue weighted by Gasteiger charge is -2.32. The van der Waals surface area contributed by atoms with Gasteiger partial charge in [0.2, 0.25) is 5.75 Å². The highest BCUT2D eigenvalue weighted by atomic mass is 16.5. The number of quaternary nitrogens is 1. The van der Waals surface area contributed by atoms with Crippen LogP contribution in [-0.4, -0.2) is 40.5 Å². The Bertz CT molecular complexity index is 474. The van der Waals surface area contributed by atoms with Gasteiger partial charge < -0.3 is 19.1 Å². The second-order valence-electron chi connectivity index (χ2n) is 7.61. The average Bonchev–Trinajstić information content (AvgIpc) is 2.59. The Kier molecular flexibility index (Phi) is 8.39. The van der Waals surface area contributed by atoms with Crippen LogP contribution in [0.15, 0.2) is 18.2 Å². The molecule has 1 aromatic rings. The summed E-state index contributed by atoms with van der Waals surface area (Å²) in [6, 6.07) is 5.72. The second-order valence-corrected chi connectivity index (χ2v) is 7.61. The number of hydrogen-bond donors (Lipinski definition) is 1. The van der Waals surface area contributed by atoms with Gasteiger partial charge in [0.1, 0.15) is 0 Å². The minimum absolute atomic E-state index is 0.710. The minimum Gasteiger partial charge on any atom is -0.493 e. The maximum Gasteiger partial charge on any atom is 0.203 e. The Hall–Kier alpha value is -1.42. The third-order valence-corrected chi connectivity index (χ3v) is 5.13. The molecule has 4 heteroatoms. The largest absolute Gasteiger partial charge is 0.493 e. The van der Waals surface area contributed by atoms with E-state index >= 15 is 0 Å². The summed E-state index contributed by atoms with van der Waals surface area (Å²) in [7, 11) is 3.32. The second kappa shape index (κ2) is 10.5. The topological polar surface area (TPSA) is 32.1 Å². The van der Waals surface area contributed by atoms with Crippen molar-refractivity contribution in [3.05, 3.63) is 18.2 Å². The van der Waals surface area contributed by atoms with Crippen molar-refractivity contribution in [2.75, 3.05) is 40.5 Å². The van der Waals surface area contributed by atoms with Crippen molar-refractivity contribution in [3.63, 3.8) is 0 Å². The lowest BCUT2D eigenvalue weighted by molar-refractivity contribution is -0.912. The van der Waals surface area contributed by atoms with Crippen molar-refractivity contribution >= 4 is 0 Å². The summed E-state index contributed by atoms with van der Waals surface area (Å²) in [5.74, 6) is 3.96. The molecule has 0 saturated carbocycles. The molecule has 1 fully saturated rings. The molecule has 0 radical (unpaired) electrons. The molecule has 1 aliphatic heterocycles. The van der Waals surface area contributed by atoms with Gasteiger partial charge in [0.25, 0.3) is 0 Å². The first kappa shape index (κ1) is 19.9. The SMILES string of the molecule is COc1cccc(OC)c1OCCCCCC[NH+]1C[C@@H](C)C[C@H](C)C1. The normalized spacial score (nSPS) is 23.3. The first-order chi connectivity index (χ1) is 12.1. The Morgan fingerprint density at radius 2 is 1.52 bits per heavy atom. The Morgan fingerprint density at radius 3 is 2.12 bits per heavy atom. The first-order valence-electron chi connectivity index (χ1n) is 9.81. The van der Waals surface area contributed by atoms with Crippen LogP contribution in [0.5, 0.6) is 17.2 Å². The third kappa shape index (κ3) is 6.43. The Balaban J connectivity index is 1.61. The molecule has 142 valence electrons. The fourth-order valence-electron chi connectivity index (χ4n) is 4.09. The number of hydrogen-bond acceptors (Lipinski definition) is 3. The zero-order chi connectivity index (χ0) is 18.1. The number of likely N-dealkylation sites (tertiary alicyclic amines) is 1. The van der Waals surface area contributed by atoms with Crippen molar-refractivity contribution in [2.45, 2.75) is 46.0 Å². The van der Waals surface area contributed by atoms with Crippen LogP contribution in [0.2, 0.25) is 0 Å².